The molecule has 7 heteroatoms. The molecule has 3 heterocycles. The number of rotatable bonds is 3. The van der Waals surface area contributed by atoms with Crippen LogP contribution in [-0.4, -0.2) is 39.8 Å². The van der Waals surface area contributed by atoms with Crippen LogP contribution in [0.3, 0.4) is 0 Å². The maximum atomic E-state index is 14.1. The Morgan fingerprint density at radius 1 is 1.00 bits per heavy atom. The van der Waals surface area contributed by atoms with Crippen LogP contribution in [0.5, 0.6) is 5.75 Å². The summed E-state index contributed by atoms with van der Waals surface area (Å²) in [5.41, 5.74) is 3.04. The number of nitrogens with one attached hydrogen (secondary N) is 1. The minimum absolute atomic E-state index is 0.0561. The first-order valence-corrected chi connectivity index (χ1v) is 11.8. The lowest BCUT2D eigenvalue weighted by molar-refractivity contribution is -0.0820. The molecule has 2 aliphatic rings. The molecule has 0 amide bonds. The summed E-state index contributed by atoms with van der Waals surface area (Å²) in [6.45, 7) is 4.25. The zero-order valence-corrected chi connectivity index (χ0v) is 19.1. The Bertz CT molecular complexity index is 1390. The van der Waals surface area contributed by atoms with Gasteiger partial charge in [-0.3, -0.25) is 9.47 Å². The molecular formula is C27H27FN4O2. The number of anilines is 2. The van der Waals surface area contributed by atoms with Gasteiger partial charge in [0.2, 0.25) is 0 Å². The molecule has 6 nitrogen and oxygen atoms in total. The van der Waals surface area contributed by atoms with Gasteiger partial charge in [-0.05, 0) is 56.2 Å². The normalized spacial score (nSPS) is 21.4. The van der Waals surface area contributed by atoms with Crippen molar-refractivity contribution in [2.24, 2.45) is 0 Å². The monoisotopic (exact) mass is 458 g/mol. The van der Waals surface area contributed by atoms with Crippen LogP contribution < -0.4 is 15.3 Å². The maximum absolute atomic E-state index is 14.1. The molecule has 1 unspecified atom stereocenters. The number of ether oxygens (including phenoxy) is 1. The van der Waals surface area contributed by atoms with E-state index in [1.807, 2.05) is 47.0 Å². The third kappa shape index (κ3) is 3.47. The van der Waals surface area contributed by atoms with Gasteiger partial charge < -0.3 is 14.6 Å². The highest BCUT2D eigenvalue weighted by Crippen LogP contribution is 2.43. The molecule has 0 spiro atoms. The first-order chi connectivity index (χ1) is 16.5. The average Bonchev–Trinajstić information content (AvgIpc) is 3.19. The Morgan fingerprint density at radius 2 is 1.74 bits per heavy atom. The summed E-state index contributed by atoms with van der Waals surface area (Å²) in [5.74, 6) is 0.237. The van der Waals surface area contributed by atoms with E-state index in [2.05, 4.69) is 33.8 Å². The molecule has 0 aliphatic carbocycles. The molecule has 1 atom stereocenters. The van der Waals surface area contributed by atoms with Crippen molar-refractivity contribution in [3.05, 3.63) is 89.1 Å². The first-order valence-electron chi connectivity index (χ1n) is 11.8. The Labute approximate surface area is 197 Å². The molecule has 6 rings (SSSR count). The van der Waals surface area contributed by atoms with Gasteiger partial charge in [0.15, 0.2) is 5.72 Å². The first kappa shape index (κ1) is 21.0. The number of aromatic amines is 1. The molecule has 1 fully saturated rings. The van der Waals surface area contributed by atoms with Crippen LogP contribution >= 0.6 is 0 Å². The third-order valence-corrected chi connectivity index (χ3v) is 7.18. The Balaban J connectivity index is 1.28. The summed E-state index contributed by atoms with van der Waals surface area (Å²) >= 11 is 0. The van der Waals surface area contributed by atoms with Gasteiger partial charge in [-0.2, -0.15) is 0 Å². The van der Waals surface area contributed by atoms with Crippen LogP contribution in [0.4, 0.5) is 15.8 Å². The second kappa shape index (κ2) is 8.02. The number of H-pyrrole nitrogens is 1. The number of halogens is 1. The molecule has 1 N–H and O–H groups in total. The number of benzene rings is 3. The number of hydrogen-bond donors (Lipinski definition) is 1. The van der Waals surface area contributed by atoms with E-state index in [0.29, 0.717) is 12.3 Å². The van der Waals surface area contributed by atoms with Gasteiger partial charge in [-0.1, -0.05) is 30.3 Å². The van der Waals surface area contributed by atoms with E-state index < -0.39 is 5.72 Å². The van der Waals surface area contributed by atoms with Crippen molar-refractivity contribution in [1.29, 1.82) is 0 Å². The number of hydrogen-bond acceptors (Lipinski definition) is 4. The van der Waals surface area contributed by atoms with Gasteiger partial charge >= 0.3 is 5.69 Å². The lowest BCUT2D eigenvalue weighted by atomic mass is 9.99. The maximum Gasteiger partial charge on any atom is 0.326 e. The predicted octanol–water partition coefficient (Wildman–Crippen LogP) is 5.05. The van der Waals surface area contributed by atoms with Crippen molar-refractivity contribution in [2.45, 2.75) is 31.5 Å². The van der Waals surface area contributed by atoms with Crippen LogP contribution in [0, 0.1) is 5.82 Å². The summed E-state index contributed by atoms with van der Waals surface area (Å²) in [4.78, 5) is 20.2. The summed E-state index contributed by atoms with van der Waals surface area (Å²) in [6.07, 6.45) is 1.67. The summed E-state index contributed by atoms with van der Waals surface area (Å²) in [7, 11) is 0. The molecule has 2 aliphatic heterocycles. The molecule has 1 aromatic heterocycles. The van der Waals surface area contributed by atoms with E-state index >= 15 is 0 Å². The second-order valence-corrected chi connectivity index (χ2v) is 9.35. The van der Waals surface area contributed by atoms with E-state index in [1.54, 1.807) is 6.07 Å². The fourth-order valence-corrected chi connectivity index (χ4v) is 5.48. The SMILES string of the molecule is CC1(N2CCC(n3c(=O)[nH]c4ccccc43)CC2)CN(c2ccccc2)c2ccc(F)cc2O1. The molecule has 4 aromatic rings. The van der Waals surface area contributed by atoms with E-state index in [1.165, 1.54) is 12.1 Å². The van der Waals surface area contributed by atoms with Gasteiger partial charge in [0, 0.05) is 30.9 Å². The molecule has 34 heavy (non-hydrogen) atoms. The Kier molecular flexibility index (Phi) is 4.95. The standard InChI is InChI=1S/C27H27FN4O2/c1-27(18-31(20-7-3-2-4-8-20)24-12-11-19(28)17-25(24)34-27)30-15-13-21(14-16-30)32-23-10-6-5-9-22(23)29-26(32)33/h2-12,17,21H,13-16,18H2,1H3,(H,29,33). The predicted molar refractivity (Wildman–Crippen MR) is 131 cm³/mol. The van der Waals surface area contributed by atoms with Gasteiger partial charge in [-0.25, -0.2) is 9.18 Å². The Hall–Kier alpha value is -3.58. The van der Waals surface area contributed by atoms with Crippen LogP contribution in [0.2, 0.25) is 0 Å². The van der Waals surface area contributed by atoms with Crippen molar-refractivity contribution in [2.75, 3.05) is 24.5 Å². The molecule has 1 saturated heterocycles. The molecule has 0 radical (unpaired) electrons. The molecule has 0 bridgehead atoms. The summed E-state index contributed by atoms with van der Waals surface area (Å²) in [5, 5.41) is 0. The highest BCUT2D eigenvalue weighted by molar-refractivity contribution is 5.75. The molecule has 0 saturated carbocycles. The van der Waals surface area contributed by atoms with Crippen molar-refractivity contribution in [3.8, 4) is 5.75 Å². The quantitative estimate of drug-likeness (QED) is 0.467. The van der Waals surface area contributed by atoms with Gasteiger partial charge in [0.1, 0.15) is 11.6 Å². The summed E-state index contributed by atoms with van der Waals surface area (Å²) < 4.78 is 22.5. The van der Waals surface area contributed by atoms with Crippen molar-refractivity contribution in [3.63, 3.8) is 0 Å². The van der Waals surface area contributed by atoms with E-state index in [-0.39, 0.29) is 17.5 Å². The van der Waals surface area contributed by atoms with E-state index in [0.717, 1.165) is 48.3 Å². The van der Waals surface area contributed by atoms with Gasteiger partial charge in [0.25, 0.3) is 0 Å². The summed E-state index contributed by atoms with van der Waals surface area (Å²) in [6, 6.07) is 22.8. The van der Waals surface area contributed by atoms with Crippen LogP contribution in [-0.2, 0) is 0 Å². The van der Waals surface area contributed by atoms with Crippen molar-refractivity contribution < 1.29 is 9.13 Å². The number of nitrogens with zero attached hydrogens (tertiary/aromatic N) is 3. The highest BCUT2D eigenvalue weighted by Gasteiger charge is 2.43. The number of piperidine rings is 1. The van der Waals surface area contributed by atoms with Crippen LogP contribution in [0.25, 0.3) is 11.0 Å². The smallest absolute Gasteiger partial charge is 0.326 e. The average molecular weight is 459 g/mol. The topological polar surface area (TPSA) is 53.5 Å². The van der Waals surface area contributed by atoms with Crippen molar-refractivity contribution in [1.82, 2.24) is 14.5 Å². The van der Waals surface area contributed by atoms with Crippen molar-refractivity contribution >= 4 is 22.4 Å². The number of para-hydroxylation sites is 3. The fourth-order valence-electron chi connectivity index (χ4n) is 5.48. The second-order valence-electron chi connectivity index (χ2n) is 9.35. The van der Waals surface area contributed by atoms with Crippen LogP contribution in [0.1, 0.15) is 25.8 Å². The van der Waals surface area contributed by atoms with Gasteiger partial charge in [0.05, 0.1) is 23.3 Å². The van der Waals surface area contributed by atoms with Crippen LogP contribution in [0.15, 0.2) is 77.6 Å². The molecule has 174 valence electrons. The van der Waals surface area contributed by atoms with E-state index in [9.17, 15) is 9.18 Å². The number of aromatic nitrogens is 2. The minimum atomic E-state index is -0.632. The van der Waals surface area contributed by atoms with Gasteiger partial charge in [-0.15, -0.1) is 0 Å². The highest BCUT2D eigenvalue weighted by atomic mass is 19.1. The Morgan fingerprint density at radius 3 is 2.53 bits per heavy atom. The lowest BCUT2D eigenvalue weighted by Gasteiger charge is -2.50. The third-order valence-electron chi connectivity index (χ3n) is 7.18. The van der Waals surface area contributed by atoms with E-state index in [4.69, 9.17) is 4.74 Å². The number of imidazole rings is 1. The number of fused-ring (bicyclic) bond motifs is 2. The minimum Gasteiger partial charge on any atom is -0.469 e. The molecular weight excluding hydrogens is 431 g/mol. The lowest BCUT2D eigenvalue weighted by Crippen LogP contribution is -2.61. The fraction of sp³-hybridized carbons (Fsp3) is 0.296. The zero-order valence-electron chi connectivity index (χ0n) is 19.1. The largest absolute Gasteiger partial charge is 0.469 e. The zero-order chi connectivity index (χ0) is 23.3. The number of likely N-dealkylation sites (tertiary alicyclic amines) is 1. The molecule has 3 aromatic carbocycles.